The number of carbonyl (C=O) groups excluding carboxylic acids is 1. The normalized spacial score (nSPS) is 15.8. The minimum Gasteiger partial charge on any atom is -0.398 e. The molecule has 7 heteroatoms. The van der Waals surface area contributed by atoms with Crippen molar-refractivity contribution in [2.24, 2.45) is 11.7 Å². The van der Waals surface area contributed by atoms with Crippen LogP contribution in [0.1, 0.15) is 36.0 Å². The molecular weight excluding hydrogens is 278 g/mol. The molecule has 0 aliphatic heterocycles. The SMILES string of the molecule is NC(=O)c1ccc(S(=O)(=O)NCCC2CCC2)c(N)c1. The van der Waals surface area contributed by atoms with Gasteiger partial charge in [-0.25, -0.2) is 13.1 Å². The van der Waals surface area contributed by atoms with Crippen LogP contribution >= 0.6 is 0 Å². The smallest absolute Gasteiger partial charge is 0.248 e. The van der Waals surface area contributed by atoms with E-state index in [2.05, 4.69) is 4.72 Å². The van der Waals surface area contributed by atoms with E-state index in [0.29, 0.717) is 12.5 Å². The summed E-state index contributed by atoms with van der Waals surface area (Å²) in [5.41, 5.74) is 11.0. The van der Waals surface area contributed by atoms with Crippen LogP contribution in [-0.2, 0) is 10.0 Å². The number of hydrogen-bond donors (Lipinski definition) is 3. The largest absolute Gasteiger partial charge is 0.398 e. The fourth-order valence-electron chi connectivity index (χ4n) is 2.20. The fourth-order valence-corrected chi connectivity index (χ4v) is 3.36. The Morgan fingerprint density at radius 2 is 2.05 bits per heavy atom. The van der Waals surface area contributed by atoms with Gasteiger partial charge in [-0.1, -0.05) is 19.3 Å². The molecule has 0 unspecified atom stereocenters. The summed E-state index contributed by atoms with van der Waals surface area (Å²) in [4.78, 5) is 11.0. The molecule has 1 aliphatic carbocycles. The zero-order valence-corrected chi connectivity index (χ0v) is 11.9. The van der Waals surface area contributed by atoms with Crippen LogP contribution < -0.4 is 16.2 Å². The summed E-state index contributed by atoms with van der Waals surface area (Å²) < 4.78 is 26.8. The standard InChI is InChI=1S/C13H19N3O3S/c14-11-8-10(13(15)17)4-5-12(11)20(18,19)16-7-6-9-2-1-3-9/h4-5,8-9,16H,1-3,6-7,14H2,(H2,15,17). The summed E-state index contributed by atoms with van der Waals surface area (Å²) in [6.45, 7) is 0.407. The molecule has 0 atom stereocenters. The highest BCUT2D eigenvalue weighted by Crippen LogP contribution is 2.29. The Morgan fingerprint density at radius 3 is 2.55 bits per heavy atom. The highest BCUT2D eigenvalue weighted by atomic mass is 32.2. The Morgan fingerprint density at radius 1 is 1.35 bits per heavy atom. The van der Waals surface area contributed by atoms with Crippen molar-refractivity contribution < 1.29 is 13.2 Å². The van der Waals surface area contributed by atoms with Gasteiger partial charge in [-0.05, 0) is 30.5 Å². The van der Waals surface area contributed by atoms with Crippen LogP contribution in [0.25, 0.3) is 0 Å². The second-order valence-electron chi connectivity index (χ2n) is 5.10. The van der Waals surface area contributed by atoms with Crippen LogP contribution in [0.3, 0.4) is 0 Å². The van der Waals surface area contributed by atoms with Crippen molar-refractivity contribution in [2.45, 2.75) is 30.6 Å². The Labute approximate surface area is 118 Å². The van der Waals surface area contributed by atoms with Gasteiger partial charge < -0.3 is 11.5 Å². The van der Waals surface area contributed by atoms with Gasteiger partial charge >= 0.3 is 0 Å². The fraction of sp³-hybridized carbons (Fsp3) is 0.462. The Kier molecular flexibility index (Phi) is 4.29. The predicted octanol–water partition coefficient (Wildman–Crippen LogP) is 0.836. The maximum Gasteiger partial charge on any atom is 0.248 e. The van der Waals surface area contributed by atoms with Crippen LogP contribution in [0.5, 0.6) is 0 Å². The molecule has 1 aromatic rings. The lowest BCUT2D eigenvalue weighted by Crippen LogP contribution is -2.28. The Balaban J connectivity index is 2.06. The van der Waals surface area contributed by atoms with E-state index in [1.54, 1.807) is 0 Å². The number of nitrogens with one attached hydrogen (secondary N) is 1. The number of amides is 1. The first-order valence-corrected chi connectivity index (χ1v) is 8.07. The van der Waals surface area contributed by atoms with E-state index in [4.69, 9.17) is 11.5 Å². The summed E-state index contributed by atoms with van der Waals surface area (Å²) >= 11 is 0. The number of sulfonamides is 1. The number of hydrogen-bond acceptors (Lipinski definition) is 4. The number of rotatable bonds is 6. The molecule has 0 saturated heterocycles. The summed E-state index contributed by atoms with van der Waals surface area (Å²) in [5, 5.41) is 0. The molecular formula is C13H19N3O3S. The molecule has 0 heterocycles. The van der Waals surface area contributed by atoms with E-state index in [-0.39, 0.29) is 16.1 Å². The van der Waals surface area contributed by atoms with Gasteiger partial charge in [0.2, 0.25) is 15.9 Å². The first-order valence-electron chi connectivity index (χ1n) is 6.59. The summed E-state index contributed by atoms with van der Waals surface area (Å²) in [7, 11) is -3.64. The average molecular weight is 297 g/mol. The number of anilines is 1. The molecule has 0 radical (unpaired) electrons. The molecule has 2 rings (SSSR count). The van der Waals surface area contributed by atoms with Gasteiger partial charge in [-0.2, -0.15) is 0 Å². The highest BCUT2D eigenvalue weighted by molar-refractivity contribution is 7.89. The van der Waals surface area contributed by atoms with Gasteiger partial charge in [0.1, 0.15) is 4.90 Å². The molecule has 0 bridgehead atoms. The van der Waals surface area contributed by atoms with E-state index < -0.39 is 15.9 Å². The number of benzene rings is 1. The van der Waals surface area contributed by atoms with Crippen molar-refractivity contribution in [1.29, 1.82) is 0 Å². The third-order valence-corrected chi connectivity index (χ3v) is 5.19. The average Bonchev–Trinajstić information content (AvgIpc) is 2.31. The first-order chi connectivity index (χ1) is 9.40. The molecule has 1 aromatic carbocycles. The molecule has 1 saturated carbocycles. The maximum atomic E-state index is 12.1. The van der Waals surface area contributed by atoms with E-state index in [1.165, 1.54) is 37.5 Å². The summed E-state index contributed by atoms with van der Waals surface area (Å²) in [5.74, 6) is -0.00845. The van der Waals surface area contributed by atoms with E-state index >= 15 is 0 Å². The lowest BCUT2D eigenvalue weighted by Gasteiger charge is -2.25. The quantitative estimate of drug-likeness (QED) is 0.675. The molecule has 1 fully saturated rings. The van der Waals surface area contributed by atoms with Crippen molar-refractivity contribution >= 4 is 21.6 Å². The lowest BCUT2D eigenvalue weighted by molar-refractivity contribution is 0.1000. The van der Waals surface area contributed by atoms with Crippen molar-refractivity contribution in [3.63, 3.8) is 0 Å². The molecule has 20 heavy (non-hydrogen) atoms. The minimum absolute atomic E-state index is 0.0175. The second kappa shape index (κ2) is 5.80. The zero-order valence-electron chi connectivity index (χ0n) is 11.1. The first kappa shape index (κ1) is 14.8. The molecule has 1 aliphatic rings. The monoisotopic (exact) mass is 297 g/mol. The van der Waals surface area contributed by atoms with Crippen LogP contribution in [0.4, 0.5) is 5.69 Å². The highest BCUT2D eigenvalue weighted by Gasteiger charge is 2.21. The van der Waals surface area contributed by atoms with Crippen molar-refractivity contribution in [2.75, 3.05) is 12.3 Å². The van der Waals surface area contributed by atoms with E-state index in [1.807, 2.05) is 0 Å². The summed E-state index contributed by atoms with van der Waals surface area (Å²) in [6.07, 6.45) is 4.44. The number of nitrogen functional groups attached to an aromatic ring is 1. The Hall–Kier alpha value is -1.60. The second-order valence-corrected chi connectivity index (χ2v) is 6.84. The van der Waals surface area contributed by atoms with Gasteiger partial charge in [-0.3, -0.25) is 4.79 Å². The van der Waals surface area contributed by atoms with Crippen molar-refractivity contribution in [3.8, 4) is 0 Å². The third kappa shape index (κ3) is 3.29. The van der Waals surface area contributed by atoms with Gasteiger partial charge in [0.15, 0.2) is 0 Å². The topological polar surface area (TPSA) is 115 Å². The predicted molar refractivity (Wildman–Crippen MR) is 76.5 cm³/mol. The summed E-state index contributed by atoms with van der Waals surface area (Å²) in [6, 6.07) is 3.95. The number of carbonyl (C=O) groups is 1. The minimum atomic E-state index is -3.64. The molecule has 1 amide bonds. The van der Waals surface area contributed by atoms with Gasteiger partial charge in [0.25, 0.3) is 0 Å². The number of primary amides is 1. The third-order valence-electron chi connectivity index (χ3n) is 3.65. The van der Waals surface area contributed by atoms with E-state index in [9.17, 15) is 13.2 Å². The van der Waals surface area contributed by atoms with Crippen LogP contribution in [0.2, 0.25) is 0 Å². The van der Waals surface area contributed by atoms with Crippen molar-refractivity contribution in [1.82, 2.24) is 4.72 Å². The van der Waals surface area contributed by atoms with Gasteiger partial charge in [0.05, 0.1) is 5.69 Å². The zero-order chi connectivity index (χ0) is 14.8. The van der Waals surface area contributed by atoms with E-state index in [0.717, 1.165) is 6.42 Å². The molecule has 0 aromatic heterocycles. The van der Waals surface area contributed by atoms with Crippen LogP contribution in [0, 0.1) is 5.92 Å². The lowest BCUT2D eigenvalue weighted by atomic mass is 9.83. The molecule has 5 N–H and O–H groups in total. The van der Waals surface area contributed by atoms with Crippen LogP contribution in [0.15, 0.2) is 23.1 Å². The molecule has 6 nitrogen and oxygen atoms in total. The Bertz CT molecular complexity index is 609. The molecule has 110 valence electrons. The van der Waals surface area contributed by atoms with Gasteiger partial charge in [-0.15, -0.1) is 0 Å². The van der Waals surface area contributed by atoms with Crippen LogP contribution in [-0.4, -0.2) is 20.9 Å². The number of nitrogens with two attached hydrogens (primary N) is 2. The maximum absolute atomic E-state index is 12.1. The molecule has 0 spiro atoms. The van der Waals surface area contributed by atoms with Gasteiger partial charge in [0, 0.05) is 12.1 Å². The van der Waals surface area contributed by atoms with Crippen molar-refractivity contribution in [3.05, 3.63) is 23.8 Å².